The van der Waals surface area contributed by atoms with E-state index in [4.69, 9.17) is 11.6 Å². The minimum Gasteiger partial charge on any atom is -0.347 e. The number of halogens is 1. The van der Waals surface area contributed by atoms with Gasteiger partial charge in [-0.05, 0) is 19.3 Å². The number of aryl methyl sites for hydroxylation is 1. The number of nitrogens with zero attached hydrogens (tertiary/aromatic N) is 3. The molecule has 6 heteroatoms. The fourth-order valence-corrected chi connectivity index (χ4v) is 3.81. The van der Waals surface area contributed by atoms with Crippen molar-refractivity contribution in [2.45, 2.75) is 50.6 Å². The first kappa shape index (κ1) is 14.9. The Kier molecular flexibility index (Phi) is 4.50. The van der Waals surface area contributed by atoms with Crippen LogP contribution in [0, 0.1) is 0 Å². The number of hydrogen-bond acceptors (Lipinski definition) is 3. The van der Waals surface area contributed by atoms with Crippen LogP contribution in [-0.2, 0) is 7.05 Å². The van der Waals surface area contributed by atoms with Crippen molar-refractivity contribution in [2.24, 2.45) is 7.05 Å². The van der Waals surface area contributed by atoms with E-state index in [1.807, 2.05) is 0 Å². The molecule has 21 heavy (non-hydrogen) atoms. The molecule has 0 spiro atoms. The molecule has 0 bridgehead atoms. The third-order valence-electron chi connectivity index (χ3n) is 4.65. The fourth-order valence-electron chi connectivity index (χ4n) is 3.55. The van der Waals surface area contributed by atoms with Gasteiger partial charge in [-0.15, -0.1) is 0 Å². The predicted octanol–water partition coefficient (Wildman–Crippen LogP) is 2.21. The number of rotatable bonds is 3. The molecular weight excluding hydrogens is 288 g/mol. The van der Waals surface area contributed by atoms with Gasteiger partial charge < -0.3 is 5.32 Å². The summed E-state index contributed by atoms with van der Waals surface area (Å²) in [5, 5.41) is 7.61. The summed E-state index contributed by atoms with van der Waals surface area (Å²) in [7, 11) is 1.77. The SMILES string of the molecule is Cn1cc(Cl)c(C(=O)NC2CCN(C3CCCCC3)C2)n1. The summed E-state index contributed by atoms with van der Waals surface area (Å²) in [6.07, 6.45) is 9.37. The van der Waals surface area contributed by atoms with Crippen LogP contribution in [0.4, 0.5) is 0 Å². The Bertz CT molecular complexity index is 510. The Morgan fingerprint density at radius 1 is 1.33 bits per heavy atom. The van der Waals surface area contributed by atoms with Crippen molar-refractivity contribution in [2.75, 3.05) is 13.1 Å². The van der Waals surface area contributed by atoms with Crippen LogP contribution in [-0.4, -0.2) is 45.8 Å². The van der Waals surface area contributed by atoms with Gasteiger partial charge in [-0.2, -0.15) is 5.10 Å². The predicted molar refractivity (Wildman–Crippen MR) is 82.5 cm³/mol. The summed E-state index contributed by atoms with van der Waals surface area (Å²) in [4.78, 5) is 14.8. The van der Waals surface area contributed by atoms with Gasteiger partial charge in [0.25, 0.3) is 5.91 Å². The maximum atomic E-state index is 12.2. The van der Waals surface area contributed by atoms with Gasteiger partial charge >= 0.3 is 0 Å². The molecule has 1 aliphatic heterocycles. The molecule has 0 aromatic carbocycles. The molecule has 2 heterocycles. The number of carbonyl (C=O) groups excluding carboxylic acids is 1. The van der Waals surface area contributed by atoms with Gasteiger partial charge in [-0.25, -0.2) is 0 Å². The number of nitrogens with one attached hydrogen (secondary N) is 1. The van der Waals surface area contributed by atoms with Gasteiger partial charge in [0.2, 0.25) is 0 Å². The summed E-state index contributed by atoms with van der Waals surface area (Å²) < 4.78 is 1.57. The van der Waals surface area contributed by atoms with Crippen LogP contribution in [0.25, 0.3) is 0 Å². The third kappa shape index (κ3) is 3.40. The Morgan fingerprint density at radius 3 is 2.76 bits per heavy atom. The van der Waals surface area contributed by atoms with Crippen molar-refractivity contribution in [1.29, 1.82) is 0 Å². The number of hydrogen-bond donors (Lipinski definition) is 1. The van der Waals surface area contributed by atoms with E-state index in [0.717, 1.165) is 25.6 Å². The van der Waals surface area contributed by atoms with E-state index in [9.17, 15) is 4.79 Å². The summed E-state index contributed by atoms with van der Waals surface area (Å²) >= 11 is 6.02. The second kappa shape index (κ2) is 6.36. The van der Waals surface area contributed by atoms with E-state index >= 15 is 0 Å². The highest BCUT2D eigenvalue weighted by Crippen LogP contribution is 2.25. The van der Waals surface area contributed by atoms with E-state index in [1.54, 1.807) is 17.9 Å². The van der Waals surface area contributed by atoms with Crippen molar-refractivity contribution in [3.63, 3.8) is 0 Å². The van der Waals surface area contributed by atoms with Gasteiger partial charge in [0, 0.05) is 38.4 Å². The number of likely N-dealkylation sites (tertiary alicyclic amines) is 1. The van der Waals surface area contributed by atoms with Gasteiger partial charge in [-0.1, -0.05) is 30.9 Å². The van der Waals surface area contributed by atoms with E-state index < -0.39 is 0 Å². The lowest BCUT2D eigenvalue weighted by Crippen LogP contribution is -2.40. The second-order valence-corrected chi connectivity index (χ2v) is 6.65. The maximum Gasteiger partial charge on any atom is 0.273 e. The number of carbonyl (C=O) groups is 1. The zero-order chi connectivity index (χ0) is 14.8. The molecule has 116 valence electrons. The van der Waals surface area contributed by atoms with E-state index in [0.29, 0.717) is 10.7 Å². The Morgan fingerprint density at radius 2 is 2.10 bits per heavy atom. The second-order valence-electron chi connectivity index (χ2n) is 6.25. The topological polar surface area (TPSA) is 50.2 Å². The third-order valence-corrected chi connectivity index (χ3v) is 4.92. The molecule has 1 saturated carbocycles. The molecule has 2 aliphatic rings. The number of amides is 1. The highest BCUT2D eigenvalue weighted by molar-refractivity contribution is 6.33. The minimum absolute atomic E-state index is 0.156. The van der Waals surface area contributed by atoms with E-state index in [1.165, 1.54) is 32.1 Å². The first-order valence-corrected chi connectivity index (χ1v) is 8.25. The maximum absolute atomic E-state index is 12.2. The van der Waals surface area contributed by atoms with Crippen LogP contribution in [0.1, 0.15) is 49.0 Å². The van der Waals surface area contributed by atoms with Gasteiger partial charge in [0.05, 0.1) is 5.02 Å². The normalized spacial score (nSPS) is 24.4. The molecular formula is C15H23ClN4O. The molecule has 1 saturated heterocycles. The minimum atomic E-state index is -0.156. The van der Waals surface area contributed by atoms with Crippen molar-refractivity contribution in [3.8, 4) is 0 Å². The van der Waals surface area contributed by atoms with Gasteiger partial charge in [0.1, 0.15) is 0 Å². The van der Waals surface area contributed by atoms with Gasteiger partial charge in [0.15, 0.2) is 5.69 Å². The molecule has 0 radical (unpaired) electrons. The molecule has 3 rings (SSSR count). The van der Waals surface area contributed by atoms with Crippen molar-refractivity contribution < 1.29 is 4.79 Å². The Labute approximate surface area is 130 Å². The summed E-state index contributed by atoms with van der Waals surface area (Å²) in [5.41, 5.74) is 0.329. The lowest BCUT2D eigenvalue weighted by atomic mass is 9.94. The molecule has 1 unspecified atom stereocenters. The van der Waals surface area contributed by atoms with Crippen LogP contribution in [0.2, 0.25) is 5.02 Å². The molecule has 2 fully saturated rings. The van der Waals surface area contributed by atoms with Gasteiger partial charge in [-0.3, -0.25) is 14.4 Å². The average Bonchev–Trinajstić information content (AvgIpc) is 3.06. The lowest BCUT2D eigenvalue weighted by Gasteiger charge is -2.31. The van der Waals surface area contributed by atoms with E-state index in [-0.39, 0.29) is 11.9 Å². The average molecular weight is 311 g/mol. The highest BCUT2D eigenvalue weighted by Gasteiger charge is 2.30. The van der Waals surface area contributed by atoms with E-state index in [2.05, 4.69) is 15.3 Å². The van der Waals surface area contributed by atoms with Crippen molar-refractivity contribution >= 4 is 17.5 Å². The molecule has 1 aliphatic carbocycles. The van der Waals surface area contributed by atoms with Crippen LogP contribution >= 0.6 is 11.6 Å². The smallest absolute Gasteiger partial charge is 0.273 e. The zero-order valence-electron chi connectivity index (χ0n) is 12.5. The first-order chi connectivity index (χ1) is 10.1. The van der Waals surface area contributed by atoms with Crippen molar-refractivity contribution in [3.05, 3.63) is 16.9 Å². The van der Waals surface area contributed by atoms with Crippen LogP contribution in [0.3, 0.4) is 0 Å². The standard InChI is InChI=1S/C15H23ClN4O/c1-19-10-13(16)14(18-19)15(21)17-11-7-8-20(9-11)12-5-3-2-4-6-12/h10-12H,2-9H2,1H3,(H,17,21). The molecule has 1 amide bonds. The summed E-state index contributed by atoms with van der Waals surface area (Å²) in [6, 6.07) is 0.941. The summed E-state index contributed by atoms with van der Waals surface area (Å²) in [5.74, 6) is -0.156. The molecule has 1 N–H and O–H groups in total. The highest BCUT2D eigenvalue weighted by atomic mass is 35.5. The quantitative estimate of drug-likeness (QED) is 0.931. The Hall–Kier alpha value is -1.07. The first-order valence-electron chi connectivity index (χ1n) is 7.87. The molecule has 1 aromatic rings. The molecule has 1 aromatic heterocycles. The Balaban J connectivity index is 1.54. The van der Waals surface area contributed by atoms with Crippen LogP contribution < -0.4 is 5.32 Å². The monoisotopic (exact) mass is 310 g/mol. The lowest BCUT2D eigenvalue weighted by molar-refractivity contribution is 0.0929. The van der Waals surface area contributed by atoms with Crippen LogP contribution in [0.5, 0.6) is 0 Å². The number of aromatic nitrogens is 2. The zero-order valence-corrected chi connectivity index (χ0v) is 13.3. The largest absolute Gasteiger partial charge is 0.347 e. The molecule has 1 atom stereocenters. The van der Waals surface area contributed by atoms with Crippen molar-refractivity contribution in [1.82, 2.24) is 20.0 Å². The van der Waals surface area contributed by atoms with Crippen LogP contribution in [0.15, 0.2) is 6.20 Å². The fraction of sp³-hybridized carbons (Fsp3) is 0.733. The molecule has 5 nitrogen and oxygen atoms in total. The summed E-state index contributed by atoms with van der Waals surface area (Å²) in [6.45, 7) is 2.05.